The Hall–Kier alpha value is -0.940. The Morgan fingerprint density at radius 2 is 2.24 bits per heavy atom. The Balaban J connectivity index is 1.97. The van der Waals surface area contributed by atoms with Crippen molar-refractivity contribution in [1.29, 1.82) is 0 Å². The Labute approximate surface area is 110 Å². The molecule has 2 heterocycles. The van der Waals surface area contributed by atoms with Crippen molar-refractivity contribution in [2.24, 2.45) is 0 Å². The molecule has 0 atom stereocenters. The van der Waals surface area contributed by atoms with Crippen LogP contribution in [-0.2, 0) is 11.8 Å². The van der Waals surface area contributed by atoms with Crippen LogP contribution < -0.4 is 5.32 Å². The molecule has 0 radical (unpaired) electrons. The molecule has 2 aromatic rings. The van der Waals surface area contributed by atoms with Gasteiger partial charge >= 0.3 is 0 Å². The summed E-state index contributed by atoms with van der Waals surface area (Å²) in [5.74, 6) is 0.923. The number of nitrogens with one attached hydrogen (secondary N) is 1. The summed E-state index contributed by atoms with van der Waals surface area (Å²) < 4.78 is 4.27. The van der Waals surface area contributed by atoms with E-state index < -0.39 is 0 Å². The van der Waals surface area contributed by atoms with E-state index in [4.69, 9.17) is 0 Å². The van der Waals surface area contributed by atoms with Gasteiger partial charge in [0.2, 0.25) is 5.13 Å². The molecule has 92 valence electrons. The predicted octanol–water partition coefficient (Wildman–Crippen LogP) is 3.55. The zero-order valence-electron chi connectivity index (χ0n) is 10.4. The lowest BCUT2D eigenvalue weighted by Gasteiger charge is -2.23. The lowest BCUT2D eigenvalue weighted by molar-refractivity contribution is 0.569. The topological polar surface area (TPSA) is 37.8 Å². The van der Waals surface area contributed by atoms with Gasteiger partial charge in [-0.15, -0.1) is 11.3 Å². The van der Waals surface area contributed by atoms with Gasteiger partial charge in [-0.25, -0.2) is 4.98 Å². The molecular formula is C12H17N3S2. The van der Waals surface area contributed by atoms with Gasteiger partial charge in [-0.05, 0) is 11.4 Å². The lowest BCUT2D eigenvalue weighted by atomic mass is 9.91. The van der Waals surface area contributed by atoms with Crippen LogP contribution in [0, 0.1) is 0 Å². The van der Waals surface area contributed by atoms with Crippen molar-refractivity contribution in [3.8, 4) is 0 Å². The quantitative estimate of drug-likeness (QED) is 0.900. The molecule has 0 amide bonds. The first kappa shape index (κ1) is 12.5. The van der Waals surface area contributed by atoms with Gasteiger partial charge in [0.25, 0.3) is 0 Å². The molecule has 0 aliphatic carbocycles. The fraction of sp³-hybridized carbons (Fsp3) is 0.500. The average Bonchev–Trinajstić information content (AvgIpc) is 2.98. The second-order valence-electron chi connectivity index (χ2n) is 4.58. The largest absolute Gasteiger partial charge is 0.359 e. The summed E-state index contributed by atoms with van der Waals surface area (Å²) in [5, 5.41) is 6.42. The SMILES string of the molecule is CCc1nsc(NCC(C)(C)c2cccs2)n1. The van der Waals surface area contributed by atoms with Crippen LogP contribution in [-0.4, -0.2) is 15.9 Å². The molecule has 3 nitrogen and oxygen atoms in total. The van der Waals surface area contributed by atoms with E-state index in [2.05, 4.69) is 53.0 Å². The molecule has 0 saturated carbocycles. The van der Waals surface area contributed by atoms with E-state index in [-0.39, 0.29) is 5.41 Å². The summed E-state index contributed by atoms with van der Waals surface area (Å²) in [5.41, 5.74) is 0.131. The number of rotatable bonds is 5. The standard InChI is InChI=1S/C12H17N3S2/c1-4-10-14-11(17-15-10)13-8-12(2,3)9-6-5-7-16-9/h5-7H,4,8H2,1-3H3,(H,13,14,15). The third kappa shape index (κ3) is 3.04. The third-order valence-electron chi connectivity index (χ3n) is 2.65. The van der Waals surface area contributed by atoms with Crippen molar-refractivity contribution in [3.05, 3.63) is 28.2 Å². The van der Waals surface area contributed by atoms with Gasteiger partial charge in [0.05, 0.1) is 0 Å². The molecule has 2 aromatic heterocycles. The van der Waals surface area contributed by atoms with Crippen molar-refractivity contribution in [2.45, 2.75) is 32.6 Å². The number of aromatic nitrogens is 2. The maximum absolute atomic E-state index is 4.41. The summed E-state index contributed by atoms with van der Waals surface area (Å²) in [7, 11) is 0. The molecule has 0 aromatic carbocycles. The number of hydrogen-bond donors (Lipinski definition) is 1. The first-order chi connectivity index (χ1) is 8.12. The number of hydrogen-bond acceptors (Lipinski definition) is 5. The minimum Gasteiger partial charge on any atom is -0.359 e. The molecule has 0 bridgehead atoms. The normalized spacial score (nSPS) is 11.7. The maximum Gasteiger partial charge on any atom is 0.202 e. The van der Waals surface area contributed by atoms with Crippen molar-refractivity contribution >= 4 is 28.0 Å². The number of thiophene rings is 1. The van der Waals surface area contributed by atoms with Crippen molar-refractivity contribution in [1.82, 2.24) is 9.36 Å². The molecule has 0 unspecified atom stereocenters. The van der Waals surface area contributed by atoms with E-state index in [0.717, 1.165) is 23.9 Å². The van der Waals surface area contributed by atoms with Gasteiger partial charge in [-0.1, -0.05) is 26.8 Å². The van der Waals surface area contributed by atoms with Gasteiger partial charge < -0.3 is 5.32 Å². The zero-order valence-corrected chi connectivity index (χ0v) is 12.0. The van der Waals surface area contributed by atoms with Crippen LogP contribution >= 0.6 is 22.9 Å². The summed E-state index contributed by atoms with van der Waals surface area (Å²) in [6, 6.07) is 4.28. The van der Waals surface area contributed by atoms with Crippen LogP contribution in [0.2, 0.25) is 0 Å². The molecular weight excluding hydrogens is 250 g/mol. The van der Waals surface area contributed by atoms with Crippen molar-refractivity contribution < 1.29 is 0 Å². The van der Waals surface area contributed by atoms with Gasteiger partial charge in [-0.2, -0.15) is 4.37 Å². The van der Waals surface area contributed by atoms with E-state index in [9.17, 15) is 0 Å². The highest BCUT2D eigenvalue weighted by Gasteiger charge is 2.21. The highest BCUT2D eigenvalue weighted by molar-refractivity contribution is 7.10. The van der Waals surface area contributed by atoms with Crippen molar-refractivity contribution in [2.75, 3.05) is 11.9 Å². The first-order valence-corrected chi connectivity index (χ1v) is 7.37. The Bertz CT molecular complexity index is 460. The molecule has 5 heteroatoms. The third-order valence-corrected chi connectivity index (χ3v) is 4.60. The Kier molecular flexibility index (Phi) is 3.79. The molecule has 0 aliphatic heterocycles. The Morgan fingerprint density at radius 3 is 2.82 bits per heavy atom. The molecule has 17 heavy (non-hydrogen) atoms. The zero-order chi connectivity index (χ0) is 12.3. The minimum absolute atomic E-state index is 0.131. The summed E-state index contributed by atoms with van der Waals surface area (Å²) in [6.45, 7) is 7.44. The molecule has 1 N–H and O–H groups in total. The van der Waals surface area contributed by atoms with E-state index >= 15 is 0 Å². The van der Waals surface area contributed by atoms with Gasteiger partial charge in [0, 0.05) is 34.8 Å². The lowest BCUT2D eigenvalue weighted by Crippen LogP contribution is -2.26. The van der Waals surface area contributed by atoms with E-state index in [1.807, 2.05) is 0 Å². The predicted molar refractivity (Wildman–Crippen MR) is 75.1 cm³/mol. The fourth-order valence-corrected chi connectivity index (χ4v) is 3.01. The van der Waals surface area contributed by atoms with E-state index in [1.54, 1.807) is 11.3 Å². The molecule has 0 aliphatic rings. The summed E-state index contributed by atoms with van der Waals surface area (Å²) in [4.78, 5) is 5.81. The molecule has 2 rings (SSSR count). The molecule has 0 spiro atoms. The second kappa shape index (κ2) is 5.14. The smallest absolute Gasteiger partial charge is 0.202 e. The van der Waals surface area contributed by atoms with E-state index in [1.165, 1.54) is 16.4 Å². The van der Waals surface area contributed by atoms with Gasteiger partial charge in [-0.3, -0.25) is 0 Å². The summed E-state index contributed by atoms with van der Waals surface area (Å²) >= 11 is 3.25. The van der Waals surface area contributed by atoms with Crippen LogP contribution in [0.15, 0.2) is 17.5 Å². The van der Waals surface area contributed by atoms with Crippen LogP contribution in [0.1, 0.15) is 31.5 Å². The van der Waals surface area contributed by atoms with Gasteiger partial charge in [0.1, 0.15) is 5.82 Å². The van der Waals surface area contributed by atoms with Crippen LogP contribution in [0.5, 0.6) is 0 Å². The van der Waals surface area contributed by atoms with Gasteiger partial charge in [0.15, 0.2) is 0 Å². The Morgan fingerprint density at radius 1 is 1.41 bits per heavy atom. The second-order valence-corrected chi connectivity index (χ2v) is 6.28. The van der Waals surface area contributed by atoms with Crippen LogP contribution in [0.4, 0.5) is 5.13 Å². The van der Waals surface area contributed by atoms with Crippen LogP contribution in [0.3, 0.4) is 0 Å². The summed E-state index contributed by atoms with van der Waals surface area (Å²) in [6.07, 6.45) is 0.895. The number of nitrogens with zero attached hydrogens (tertiary/aromatic N) is 2. The first-order valence-electron chi connectivity index (χ1n) is 5.72. The fourth-order valence-electron chi connectivity index (χ4n) is 1.52. The number of anilines is 1. The highest BCUT2D eigenvalue weighted by atomic mass is 32.1. The average molecular weight is 267 g/mol. The highest BCUT2D eigenvalue weighted by Crippen LogP contribution is 2.28. The number of aryl methyl sites for hydroxylation is 1. The molecule has 0 saturated heterocycles. The van der Waals surface area contributed by atoms with Crippen molar-refractivity contribution in [3.63, 3.8) is 0 Å². The maximum atomic E-state index is 4.41. The molecule has 0 fully saturated rings. The van der Waals surface area contributed by atoms with Crippen LogP contribution in [0.25, 0.3) is 0 Å². The van der Waals surface area contributed by atoms with E-state index in [0.29, 0.717) is 0 Å². The minimum atomic E-state index is 0.131. The monoisotopic (exact) mass is 267 g/mol.